The van der Waals surface area contributed by atoms with Gasteiger partial charge in [0.1, 0.15) is 5.60 Å². The van der Waals surface area contributed by atoms with Gasteiger partial charge in [0.25, 0.3) is 0 Å². The maximum absolute atomic E-state index is 12.0. The Labute approximate surface area is 125 Å². The van der Waals surface area contributed by atoms with Gasteiger partial charge in [0.05, 0.1) is 19.8 Å². The Morgan fingerprint density at radius 3 is 2.19 bits per heavy atom. The zero-order valence-electron chi connectivity index (χ0n) is 13.2. The second-order valence-corrected chi connectivity index (χ2v) is 5.51. The summed E-state index contributed by atoms with van der Waals surface area (Å²) in [5.41, 5.74) is -0.625. The highest BCUT2D eigenvalue weighted by molar-refractivity contribution is 5.68. The summed E-state index contributed by atoms with van der Waals surface area (Å²) in [4.78, 5) is 25.3. The minimum absolute atomic E-state index is 0.0891. The summed E-state index contributed by atoms with van der Waals surface area (Å²) in [6, 6.07) is 0. The lowest BCUT2D eigenvalue weighted by Crippen LogP contribution is -2.43. The number of hydrogen-bond donors (Lipinski definition) is 2. The van der Waals surface area contributed by atoms with Crippen LogP contribution in [0.2, 0.25) is 0 Å². The fourth-order valence-corrected chi connectivity index (χ4v) is 1.33. The number of rotatable bonds is 8. The fraction of sp³-hybridized carbons (Fsp3) is 0.846. The van der Waals surface area contributed by atoms with Crippen LogP contribution in [0.5, 0.6) is 0 Å². The Hall–Kier alpha value is -1.54. The number of aliphatic hydroxyl groups is 1. The molecule has 0 aliphatic carbocycles. The van der Waals surface area contributed by atoms with Crippen molar-refractivity contribution in [2.75, 3.05) is 46.5 Å². The second kappa shape index (κ2) is 9.41. The van der Waals surface area contributed by atoms with Gasteiger partial charge in [-0.2, -0.15) is 0 Å². The van der Waals surface area contributed by atoms with Crippen LogP contribution in [0.1, 0.15) is 20.8 Å². The van der Waals surface area contributed by atoms with Crippen molar-refractivity contribution < 1.29 is 29.3 Å². The molecule has 0 atom stereocenters. The molecule has 0 saturated carbocycles. The number of carbonyl (C=O) groups is 2. The van der Waals surface area contributed by atoms with Crippen LogP contribution >= 0.6 is 0 Å². The Morgan fingerprint density at radius 2 is 1.71 bits per heavy atom. The number of nitrogens with zero attached hydrogens (tertiary/aromatic N) is 2. The zero-order chi connectivity index (χ0) is 16.5. The fourth-order valence-electron chi connectivity index (χ4n) is 1.33. The summed E-state index contributed by atoms with van der Waals surface area (Å²) in [6.45, 7) is 6.28. The lowest BCUT2D eigenvalue weighted by Gasteiger charge is -2.28. The summed E-state index contributed by atoms with van der Waals surface area (Å²) in [5.74, 6) is 0. The summed E-state index contributed by atoms with van der Waals surface area (Å²) in [7, 11) is 1.43. The molecule has 8 nitrogen and oxygen atoms in total. The molecule has 0 aromatic heterocycles. The first-order valence-corrected chi connectivity index (χ1v) is 6.78. The van der Waals surface area contributed by atoms with E-state index in [1.165, 1.54) is 11.9 Å². The Kier molecular flexibility index (Phi) is 8.72. The van der Waals surface area contributed by atoms with E-state index >= 15 is 0 Å². The first-order chi connectivity index (χ1) is 9.67. The lowest BCUT2D eigenvalue weighted by molar-refractivity contribution is 0.0140. The van der Waals surface area contributed by atoms with E-state index < -0.39 is 17.8 Å². The Morgan fingerprint density at radius 1 is 1.10 bits per heavy atom. The Balaban J connectivity index is 4.45. The van der Waals surface area contributed by atoms with E-state index in [4.69, 9.17) is 19.7 Å². The molecule has 0 aromatic rings. The van der Waals surface area contributed by atoms with E-state index in [2.05, 4.69) is 0 Å². The normalized spacial score (nSPS) is 11.1. The highest BCUT2D eigenvalue weighted by atomic mass is 16.6. The van der Waals surface area contributed by atoms with Crippen molar-refractivity contribution in [1.82, 2.24) is 9.80 Å². The molecule has 0 aliphatic heterocycles. The van der Waals surface area contributed by atoms with Gasteiger partial charge in [-0.1, -0.05) is 0 Å². The van der Waals surface area contributed by atoms with Gasteiger partial charge in [-0.15, -0.1) is 0 Å². The molecular weight excluding hydrogens is 280 g/mol. The molecule has 0 heterocycles. The van der Waals surface area contributed by atoms with Gasteiger partial charge in [-0.3, -0.25) is 0 Å². The van der Waals surface area contributed by atoms with E-state index in [0.717, 1.165) is 4.90 Å². The minimum atomic E-state index is -1.06. The molecule has 124 valence electrons. The molecule has 0 rings (SSSR count). The molecule has 0 spiro atoms. The molecule has 0 aliphatic rings. The zero-order valence-corrected chi connectivity index (χ0v) is 13.2. The van der Waals surface area contributed by atoms with Crippen molar-refractivity contribution in [3.8, 4) is 0 Å². The standard InChI is InChI=1S/C13H26N2O6/c1-13(2,3)21-12(19)15(7-9-20-10-8-16)6-5-14(4)11(17)18/h16H,5-10H2,1-4H3,(H,17,18). The third kappa shape index (κ3) is 9.91. The molecule has 21 heavy (non-hydrogen) atoms. The average molecular weight is 306 g/mol. The van der Waals surface area contributed by atoms with Gasteiger partial charge >= 0.3 is 12.2 Å². The minimum Gasteiger partial charge on any atom is -0.465 e. The molecule has 0 aromatic carbocycles. The molecule has 0 saturated heterocycles. The maximum Gasteiger partial charge on any atom is 0.410 e. The molecule has 0 bridgehead atoms. The smallest absolute Gasteiger partial charge is 0.410 e. The van der Waals surface area contributed by atoms with Crippen LogP contribution in [0, 0.1) is 0 Å². The topological polar surface area (TPSA) is 99.5 Å². The van der Waals surface area contributed by atoms with Crippen LogP contribution in [0.25, 0.3) is 0 Å². The number of ether oxygens (including phenoxy) is 2. The predicted octanol–water partition coefficient (Wildman–Crippen LogP) is 0.842. The van der Waals surface area contributed by atoms with Crippen LogP contribution in [-0.2, 0) is 9.47 Å². The van der Waals surface area contributed by atoms with E-state index in [-0.39, 0.29) is 39.5 Å². The summed E-state index contributed by atoms with van der Waals surface area (Å²) >= 11 is 0. The number of hydrogen-bond acceptors (Lipinski definition) is 5. The van der Waals surface area contributed by atoms with E-state index in [1.807, 2.05) is 0 Å². The summed E-state index contributed by atoms with van der Waals surface area (Å²) in [5, 5.41) is 17.4. The van der Waals surface area contributed by atoms with Crippen molar-refractivity contribution in [3.63, 3.8) is 0 Å². The second-order valence-electron chi connectivity index (χ2n) is 5.51. The van der Waals surface area contributed by atoms with E-state index in [1.54, 1.807) is 20.8 Å². The third-order valence-corrected chi connectivity index (χ3v) is 2.42. The summed E-state index contributed by atoms with van der Waals surface area (Å²) in [6.07, 6.45) is -1.58. The first kappa shape index (κ1) is 19.5. The van der Waals surface area contributed by atoms with Crippen LogP contribution in [-0.4, -0.2) is 84.3 Å². The Bertz CT molecular complexity index is 329. The highest BCUT2D eigenvalue weighted by Gasteiger charge is 2.22. The third-order valence-electron chi connectivity index (χ3n) is 2.42. The average Bonchev–Trinajstić information content (AvgIpc) is 2.35. The maximum atomic E-state index is 12.0. The number of amides is 2. The first-order valence-electron chi connectivity index (χ1n) is 6.78. The monoisotopic (exact) mass is 306 g/mol. The van der Waals surface area contributed by atoms with Crippen molar-refractivity contribution in [2.45, 2.75) is 26.4 Å². The molecule has 0 fully saturated rings. The van der Waals surface area contributed by atoms with E-state index in [9.17, 15) is 9.59 Å². The van der Waals surface area contributed by atoms with Crippen LogP contribution in [0.4, 0.5) is 9.59 Å². The van der Waals surface area contributed by atoms with Gasteiger partial charge in [0.2, 0.25) is 0 Å². The number of carboxylic acid groups (broad SMARTS) is 1. The van der Waals surface area contributed by atoms with Crippen molar-refractivity contribution >= 4 is 12.2 Å². The highest BCUT2D eigenvalue weighted by Crippen LogP contribution is 2.10. The van der Waals surface area contributed by atoms with Crippen molar-refractivity contribution in [3.05, 3.63) is 0 Å². The molecule has 2 N–H and O–H groups in total. The molecule has 2 amide bonds. The quantitative estimate of drug-likeness (QED) is 0.645. The van der Waals surface area contributed by atoms with Gasteiger partial charge in [0.15, 0.2) is 0 Å². The lowest BCUT2D eigenvalue weighted by atomic mass is 10.2. The van der Waals surface area contributed by atoms with Crippen LogP contribution in [0.3, 0.4) is 0 Å². The SMILES string of the molecule is CN(CCN(CCOCCO)C(=O)OC(C)(C)C)C(=O)O. The van der Waals surface area contributed by atoms with E-state index in [0.29, 0.717) is 0 Å². The van der Waals surface area contributed by atoms with Crippen molar-refractivity contribution in [1.29, 1.82) is 0 Å². The molecular formula is C13H26N2O6. The molecule has 0 unspecified atom stereocenters. The number of carbonyl (C=O) groups excluding carboxylic acids is 1. The summed E-state index contributed by atoms with van der Waals surface area (Å²) < 4.78 is 10.4. The number of aliphatic hydroxyl groups excluding tert-OH is 1. The molecule has 8 heteroatoms. The van der Waals surface area contributed by atoms with Gasteiger partial charge in [-0.05, 0) is 20.8 Å². The van der Waals surface area contributed by atoms with Crippen LogP contribution < -0.4 is 0 Å². The van der Waals surface area contributed by atoms with Crippen molar-refractivity contribution in [2.24, 2.45) is 0 Å². The van der Waals surface area contributed by atoms with Gasteiger partial charge in [0, 0.05) is 26.7 Å². The van der Waals surface area contributed by atoms with Crippen LogP contribution in [0.15, 0.2) is 0 Å². The van der Waals surface area contributed by atoms with Gasteiger partial charge < -0.3 is 29.5 Å². The largest absolute Gasteiger partial charge is 0.465 e. The predicted molar refractivity (Wildman–Crippen MR) is 76.4 cm³/mol. The molecule has 0 radical (unpaired) electrons. The number of likely N-dealkylation sites (N-methyl/N-ethyl adjacent to an activating group) is 1. The van der Waals surface area contributed by atoms with Gasteiger partial charge in [-0.25, -0.2) is 9.59 Å².